The lowest BCUT2D eigenvalue weighted by atomic mass is 10.2. The summed E-state index contributed by atoms with van der Waals surface area (Å²) in [5.74, 6) is 0. The first-order valence-corrected chi connectivity index (χ1v) is 5.66. The molecular weight excluding hydrogens is 257 g/mol. The quantitative estimate of drug-likeness (QED) is 0.677. The predicted molar refractivity (Wildman–Crippen MR) is 71.9 cm³/mol. The van der Waals surface area contributed by atoms with Crippen LogP contribution < -0.4 is 5.43 Å². The highest BCUT2D eigenvalue weighted by molar-refractivity contribution is 6.38. The number of anilines is 1. The Morgan fingerprint density at radius 2 is 1.71 bits per heavy atom. The lowest BCUT2D eigenvalue weighted by Crippen LogP contribution is -1.93. The van der Waals surface area contributed by atoms with Crippen LogP contribution in [0.4, 0.5) is 5.69 Å². The summed E-state index contributed by atoms with van der Waals surface area (Å²) in [5.41, 5.74) is 4.33. The molecule has 0 saturated carbocycles. The maximum atomic E-state index is 5.93. The van der Waals surface area contributed by atoms with Gasteiger partial charge in [-0.05, 0) is 5.56 Å². The van der Waals surface area contributed by atoms with Crippen LogP contribution in [-0.2, 0) is 0 Å². The first-order chi connectivity index (χ1) is 8.27. The average Bonchev–Trinajstić information content (AvgIpc) is 2.34. The van der Waals surface area contributed by atoms with Gasteiger partial charge in [0.15, 0.2) is 0 Å². The molecule has 0 spiro atoms. The molecule has 1 N–H and O–H groups in total. The minimum absolute atomic E-state index is 0.433. The van der Waals surface area contributed by atoms with Gasteiger partial charge in [0.2, 0.25) is 0 Å². The molecule has 0 amide bonds. The molecule has 0 atom stereocenters. The maximum Gasteiger partial charge on any atom is 0.0965 e. The third-order valence-electron chi connectivity index (χ3n) is 2.04. The van der Waals surface area contributed by atoms with Crippen LogP contribution in [0.3, 0.4) is 0 Å². The Hall–Kier alpha value is -1.58. The van der Waals surface area contributed by atoms with Crippen LogP contribution in [-0.4, -0.2) is 11.2 Å². The van der Waals surface area contributed by atoms with Crippen LogP contribution in [0.5, 0.6) is 0 Å². The summed E-state index contributed by atoms with van der Waals surface area (Å²) in [5, 5.41) is 4.93. The highest BCUT2D eigenvalue weighted by Crippen LogP contribution is 2.28. The number of nitrogens with zero attached hydrogens (tertiary/aromatic N) is 2. The summed E-state index contributed by atoms with van der Waals surface area (Å²) in [7, 11) is 0. The van der Waals surface area contributed by atoms with Crippen molar-refractivity contribution < 1.29 is 0 Å². The van der Waals surface area contributed by atoms with E-state index in [-0.39, 0.29) is 0 Å². The van der Waals surface area contributed by atoms with Crippen molar-refractivity contribution >= 4 is 35.1 Å². The van der Waals surface area contributed by atoms with Crippen LogP contribution in [0.2, 0.25) is 10.0 Å². The molecule has 1 aromatic heterocycles. The van der Waals surface area contributed by atoms with Gasteiger partial charge in [0, 0.05) is 12.4 Å². The fourth-order valence-corrected chi connectivity index (χ4v) is 1.68. The summed E-state index contributed by atoms with van der Waals surface area (Å²) in [4.78, 5) is 3.85. The molecule has 0 radical (unpaired) electrons. The fourth-order valence-electron chi connectivity index (χ4n) is 1.23. The number of rotatable bonds is 3. The van der Waals surface area contributed by atoms with E-state index in [1.54, 1.807) is 6.21 Å². The highest BCUT2D eigenvalue weighted by Gasteiger charge is 2.03. The van der Waals surface area contributed by atoms with Gasteiger partial charge in [-0.25, -0.2) is 0 Å². The molecule has 2 rings (SSSR count). The topological polar surface area (TPSA) is 37.3 Å². The summed E-state index contributed by atoms with van der Waals surface area (Å²) in [6.45, 7) is 0. The second-order valence-corrected chi connectivity index (χ2v) is 4.07. The first-order valence-electron chi connectivity index (χ1n) is 4.90. The molecule has 0 unspecified atom stereocenters. The van der Waals surface area contributed by atoms with Crippen LogP contribution in [0, 0.1) is 0 Å². The van der Waals surface area contributed by atoms with E-state index >= 15 is 0 Å². The van der Waals surface area contributed by atoms with Gasteiger partial charge in [-0.1, -0.05) is 53.5 Å². The van der Waals surface area contributed by atoms with Gasteiger partial charge in [0.25, 0.3) is 0 Å². The van der Waals surface area contributed by atoms with E-state index in [0.29, 0.717) is 15.7 Å². The number of halogens is 2. The van der Waals surface area contributed by atoms with Gasteiger partial charge in [0.1, 0.15) is 0 Å². The van der Waals surface area contributed by atoms with E-state index in [2.05, 4.69) is 15.5 Å². The van der Waals surface area contributed by atoms with Crippen molar-refractivity contribution in [3.8, 4) is 0 Å². The smallest absolute Gasteiger partial charge is 0.0965 e. The summed E-state index contributed by atoms with van der Waals surface area (Å²) in [6, 6.07) is 9.71. The molecule has 86 valence electrons. The van der Waals surface area contributed by atoms with Crippen LogP contribution in [0.1, 0.15) is 5.56 Å². The largest absolute Gasteiger partial charge is 0.275 e. The van der Waals surface area contributed by atoms with Crippen molar-refractivity contribution in [1.82, 2.24) is 4.98 Å². The number of hydrogen-bond acceptors (Lipinski definition) is 3. The SMILES string of the molecule is Clc1cncc(Cl)c1N/N=C\c1ccccc1. The molecule has 2 aromatic rings. The Balaban J connectivity index is 2.10. The molecule has 5 heteroatoms. The number of pyridine rings is 1. The molecule has 0 saturated heterocycles. The van der Waals surface area contributed by atoms with E-state index in [9.17, 15) is 0 Å². The number of aromatic nitrogens is 1. The standard InChI is InChI=1S/C12H9Cl2N3/c13-10-7-15-8-11(14)12(10)17-16-6-9-4-2-1-3-5-9/h1-8H,(H,15,17)/b16-6-. The van der Waals surface area contributed by atoms with Gasteiger partial charge in [-0.2, -0.15) is 5.10 Å². The molecule has 1 heterocycles. The van der Waals surface area contributed by atoms with Gasteiger partial charge in [-0.15, -0.1) is 0 Å². The minimum Gasteiger partial charge on any atom is -0.275 e. The molecule has 0 aliphatic heterocycles. The van der Waals surface area contributed by atoms with Crippen LogP contribution >= 0.6 is 23.2 Å². The monoisotopic (exact) mass is 265 g/mol. The zero-order valence-electron chi connectivity index (χ0n) is 8.77. The van der Waals surface area contributed by atoms with Crippen molar-refractivity contribution in [3.63, 3.8) is 0 Å². The Bertz CT molecular complexity index is 506. The second kappa shape index (κ2) is 5.66. The molecule has 0 aliphatic carbocycles. The highest BCUT2D eigenvalue weighted by atomic mass is 35.5. The fraction of sp³-hybridized carbons (Fsp3) is 0. The molecule has 1 aromatic carbocycles. The zero-order chi connectivity index (χ0) is 12.1. The van der Waals surface area contributed by atoms with Crippen molar-refractivity contribution in [2.45, 2.75) is 0 Å². The van der Waals surface area contributed by atoms with Gasteiger partial charge in [-0.3, -0.25) is 10.4 Å². The molecular formula is C12H9Cl2N3. The zero-order valence-corrected chi connectivity index (χ0v) is 10.3. The number of benzene rings is 1. The summed E-state index contributed by atoms with van der Waals surface area (Å²) < 4.78 is 0. The third kappa shape index (κ3) is 3.19. The van der Waals surface area contributed by atoms with Crippen LogP contribution in [0.25, 0.3) is 0 Å². The van der Waals surface area contributed by atoms with E-state index in [1.165, 1.54) is 12.4 Å². The lowest BCUT2D eigenvalue weighted by Gasteiger charge is -2.04. The lowest BCUT2D eigenvalue weighted by molar-refractivity contribution is 1.28. The molecule has 17 heavy (non-hydrogen) atoms. The first kappa shape index (κ1) is 11.9. The van der Waals surface area contributed by atoms with Crippen molar-refractivity contribution in [2.75, 3.05) is 5.43 Å². The van der Waals surface area contributed by atoms with E-state index in [0.717, 1.165) is 5.56 Å². The second-order valence-electron chi connectivity index (χ2n) is 3.26. The number of nitrogens with one attached hydrogen (secondary N) is 1. The predicted octanol–water partition coefficient (Wildman–Crippen LogP) is 3.83. The van der Waals surface area contributed by atoms with Gasteiger partial charge in [0.05, 0.1) is 21.9 Å². The van der Waals surface area contributed by atoms with Crippen molar-refractivity contribution in [2.24, 2.45) is 5.10 Å². The van der Waals surface area contributed by atoms with E-state index in [1.807, 2.05) is 30.3 Å². The summed E-state index contributed by atoms with van der Waals surface area (Å²) >= 11 is 11.9. The molecule has 0 bridgehead atoms. The van der Waals surface area contributed by atoms with E-state index in [4.69, 9.17) is 23.2 Å². The normalized spacial score (nSPS) is 10.7. The molecule has 0 aliphatic rings. The Morgan fingerprint density at radius 1 is 1.06 bits per heavy atom. The number of hydrogen-bond donors (Lipinski definition) is 1. The number of hydrazone groups is 1. The van der Waals surface area contributed by atoms with E-state index < -0.39 is 0 Å². The maximum absolute atomic E-state index is 5.93. The minimum atomic E-state index is 0.433. The van der Waals surface area contributed by atoms with Crippen molar-refractivity contribution in [1.29, 1.82) is 0 Å². The van der Waals surface area contributed by atoms with Crippen LogP contribution in [0.15, 0.2) is 47.8 Å². The van der Waals surface area contributed by atoms with Gasteiger partial charge >= 0.3 is 0 Å². The Kier molecular flexibility index (Phi) is 3.96. The average molecular weight is 266 g/mol. The van der Waals surface area contributed by atoms with Crippen molar-refractivity contribution in [3.05, 3.63) is 58.3 Å². The Labute approximate surface area is 109 Å². The Morgan fingerprint density at radius 3 is 2.35 bits per heavy atom. The molecule has 3 nitrogen and oxygen atoms in total. The molecule has 0 fully saturated rings. The summed E-state index contributed by atoms with van der Waals surface area (Å²) in [6.07, 6.45) is 4.70. The third-order valence-corrected chi connectivity index (χ3v) is 2.62. The van der Waals surface area contributed by atoms with Gasteiger partial charge < -0.3 is 0 Å².